The fraction of sp³-hybridized carbons (Fsp3) is 0.286. The molecular formula is C14H14O5. The van der Waals surface area contributed by atoms with Gasteiger partial charge in [-0.05, 0) is 23.8 Å². The summed E-state index contributed by atoms with van der Waals surface area (Å²) in [6.45, 7) is 1.35. The van der Waals surface area contributed by atoms with Crippen LogP contribution in [0.5, 0.6) is 5.75 Å². The second kappa shape index (κ2) is 5.56. The molecule has 0 bridgehead atoms. The van der Waals surface area contributed by atoms with E-state index in [1.807, 2.05) is 0 Å². The molecule has 1 aromatic rings. The van der Waals surface area contributed by atoms with E-state index in [0.717, 1.165) is 5.56 Å². The van der Waals surface area contributed by atoms with Crippen LogP contribution in [-0.4, -0.2) is 31.8 Å². The Kier molecular flexibility index (Phi) is 3.85. The molecule has 0 aromatic heterocycles. The van der Waals surface area contributed by atoms with Crippen LogP contribution in [0.2, 0.25) is 0 Å². The van der Waals surface area contributed by atoms with Crippen LogP contribution in [0.1, 0.15) is 12.5 Å². The zero-order valence-corrected chi connectivity index (χ0v) is 10.7. The molecule has 0 unspecified atom stereocenters. The fourth-order valence-electron chi connectivity index (χ4n) is 1.76. The van der Waals surface area contributed by atoms with Crippen LogP contribution in [0.4, 0.5) is 0 Å². The second-order valence-electron chi connectivity index (χ2n) is 4.06. The van der Waals surface area contributed by atoms with Crippen LogP contribution in [0.25, 0.3) is 5.57 Å². The highest BCUT2D eigenvalue weighted by atomic mass is 16.6. The number of benzene rings is 1. The summed E-state index contributed by atoms with van der Waals surface area (Å²) in [6, 6.07) is 7.09. The zero-order chi connectivity index (χ0) is 13.8. The minimum atomic E-state index is -0.520. The van der Waals surface area contributed by atoms with Gasteiger partial charge < -0.3 is 14.2 Å². The molecule has 0 saturated heterocycles. The zero-order valence-electron chi connectivity index (χ0n) is 10.7. The summed E-state index contributed by atoms with van der Waals surface area (Å²) in [5.41, 5.74) is 1.22. The van der Waals surface area contributed by atoms with Gasteiger partial charge in [0.2, 0.25) is 0 Å². The van der Waals surface area contributed by atoms with E-state index in [9.17, 15) is 9.59 Å². The largest absolute Gasteiger partial charge is 0.497 e. The van der Waals surface area contributed by atoms with Crippen molar-refractivity contribution in [2.24, 2.45) is 0 Å². The number of hydrogen-bond acceptors (Lipinski definition) is 5. The monoisotopic (exact) mass is 262 g/mol. The summed E-state index contributed by atoms with van der Waals surface area (Å²) in [6.07, 6.45) is 1.14. The number of cyclic esters (lactones) is 1. The highest BCUT2D eigenvalue weighted by molar-refractivity contribution is 6.18. The topological polar surface area (TPSA) is 61.8 Å². The fourth-order valence-corrected chi connectivity index (χ4v) is 1.76. The van der Waals surface area contributed by atoms with Gasteiger partial charge in [0.1, 0.15) is 12.4 Å². The van der Waals surface area contributed by atoms with Gasteiger partial charge in [0.05, 0.1) is 12.7 Å². The Hall–Kier alpha value is -2.30. The van der Waals surface area contributed by atoms with Crippen LogP contribution >= 0.6 is 0 Å². The van der Waals surface area contributed by atoms with Crippen LogP contribution in [0.3, 0.4) is 0 Å². The van der Waals surface area contributed by atoms with Gasteiger partial charge in [-0.1, -0.05) is 12.1 Å². The Morgan fingerprint density at radius 2 is 2.00 bits per heavy atom. The molecule has 0 amide bonds. The Balaban J connectivity index is 2.11. The van der Waals surface area contributed by atoms with E-state index in [-0.39, 0.29) is 6.61 Å². The van der Waals surface area contributed by atoms with E-state index < -0.39 is 18.0 Å². The Bertz CT molecular complexity index is 515. The third-order valence-electron chi connectivity index (χ3n) is 2.68. The number of esters is 2. The molecule has 0 N–H and O–H groups in total. The number of ether oxygens (including phenoxy) is 3. The molecule has 1 atom stereocenters. The second-order valence-corrected chi connectivity index (χ2v) is 4.06. The Morgan fingerprint density at radius 1 is 1.32 bits per heavy atom. The summed E-state index contributed by atoms with van der Waals surface area (Å²) in [5.74, 6) is -0.100. The first-order valence-corrected chi connectivity index (χ1v) is 5.80. The number of methoxy groups -OCH3 is 1. The highest BCUT2D eigenvalue weighted by Gasteiger charge is 2.27. The van der Waals surface area contributed by atoms with Gasteiger partial charge in [0.15, 0.2) is 6.10 Å². The Morgan fingerprint density at radius 3 is 2.58 bits per heavy atom. The van der Waals surface area contributed by atoms with Crippen molar-refractivity contribution < 1.29 is 23.8 Å². The first-order chi connectivity index (χ1) is 9.10. The lowest BCUT2D eigenvalue weighted by molar-refractivity contribution is -0.149. The molecule has 100 valence electrons. The molecule has 0 fully saturated rings. The van der Waals surface area contributed by atoms with E-state index in [4.69, 9.17) is 14.2 Å². The summed E-state index contributed by atoms with van der Waals surface area (Å²) >= 11 is 0. The van der Waals surface area contributed by atoms with Crippen molar-refractivity contribution in [1.29, 1.82) is 0 Å². The van der Waals surface area contributed by atoms with Crippen LogP contribution in [0.15, 0.2) is 30.3 Å². The SMILES string of the molecule is COc1ccc(C2=C[C@H](COC(C)=O)OC2=O)cc1. The maximum Gasteiger partial charge on any atom is 0.339 e. The average Bonchev–Trinajstić information content (AvgIpc) is 2.78. The standard InChI is InChI=1S/C14H14O5/c1-9(15)18-8-12-7-13(14(16)19-12)10-3-5-11(17-2)6-4-10/h3-7,12H,8H2,1-2H3/t12-/m1/s1. The molecule has 2 rings (SSSR count). The van der Waals surface area contributed by atoms with Crippen LogP contribution in [-0.2, 0) is 19.1 Å². The summed E-state index contributed by atoms with van der Waals surface area (Å²) in [4.78, 5) is 22.4. The number of carbonyl (C=O) groups excluding carboxylic acids is 2. The predicted octanol–water partition coefficient (Wildman–Crippen LogP) is 1.57. The predicted molar refractivity (Wildman–Crippen MR) is 67.5 cm³/mol. The Labute approximate surface area is 110 Å². The average molecular weight is 262 g/mol. The molecule has 0 aliphatic carbocycles. The third kappa shape index (κ3) is 3.13. The highest BCUT2D eigenvalue weighted by Crippen LogP contribution is 2.25. The first-order valence-electron chi connectivity index (χ1n) is 5.80. The first kappa shape index (κ1) is 13.1. The van der Waals surface area contributed by atoms with Crippen molar-refractivity contribution in [1.82, 2.24) is 0 Å². The molecule has 1 aliphatic heterocycles. The van der Waals surface area contributed by atoms with E-state index >= 15 is 0 Å². The van der Waals surface area contributed by atoms with Gasteiger partial charge in [0, 0.05) is 6.92 Å². The molecule has 19 heavy (non-hydrogen) atoms. The number of hydrogen-bond donors (Lipinski definition) is 0. The molecule has 1 aliphatic rings. The lowest BCUT2D eigenvalue weighted by Crippen LogP contribution is -2.17. The van der Waals surface area contributed by atoms with Gasteiger partial charge in [-0.15, -0.1) is 0 Å². The van der Waals surface area contributed by atoms with Gasteiger partial charge in [0.25, 0.3) is 0 Å². The van der Waals surface area contributed by atoms with Gasteiger partial charge >= 0.3 is 11.9 Å². The minimum Gasteiger partial charge on any atom is -0.497 e. The summed E-state index contributed by atoms with van der Waals surface area (Å²) < 4.78 is 15.0. The quantitative estimate of drug-likeness (QED) is 0.771. The van der Waals surface area contributed by atoms with Crippen molar-refractivity contribution in [3.63, 3.8) is 0 Å². The smallest absolute Gasteiger partial charge is 0.339 e. The van der Waals surface area contributed by atoms with Gasteiger partial charge in [-0.3, -0.25) is 4.79 Å². The maximum atomic E-state index is 11.7. The van der Waals surface area contributed by atoms with Gasteiger partial charge in [-0.2, -0.15) is 0 Å². The van der Waals surface area contributed by atoms with Gasteiger partial charge in [-0.25, -0.2) is 4.79 Å². The van der Waals surface area contributed by atoms with Crippen molar-refractivity contribution >= 4 is 17.5 Å². The third-order valence-corrected chi connectivity index (χ3v) is 2.68. The molecule has 1 aromatic carbocycles. The van der Waals surface area contributed by atoms with Crippen LogP contribution < -0.4 is 4.74 Å². The normalized spacial score (nSPS) is 17.7. The molecule has 0 spiro atoms. The van der Waals surface area contributed by atoms with Crippen molar-refractivity contribution in [3.05, 3.63) is 35.9 Å². The summed E-state index contributed by atoms with van der Waals surface area (Å²) in [5, 5.41) is 0. The van der Waals surface area contributed by atoms with Crippen molar-refractivity contribution in [2.75, 3.05) is 13.7 Å². The minimum absolute atomic E-state index is 0.0424. The van der Waals surface area contributed by atoms with E-state index in [2.05, 4.69) is 0 Å². The molecule has 5 nitrogen and oxygen atoms in total. The molecule has 1 heterocycles. The molecular weight excluding hydrogens is 248 g/mol. The number of rotatable bonds is 4. The van der Waals surface area contributed by atoms with E-state index in [1.165, 1.54) is 6.92 Å². The van der Waals surface area contributed by atoms with Crippen molar-refractivity contribution in [2.45, 2.75) is 13.0 Å². The van der Waals surface area contributed by atoms with E-state index in [0.29, 0.717) is 11.3 Å². The molecule has 5 heteroatoms. The summed E-state index contributed by atoms with van der Waals surface area (Å²) in [7, 11) is 1.58. The lowest BCUT2D eigenvalue weighted by Gasteiger charge is -2.07. The molecule has 0 saturated carbocycles. The van der Waals surface area contributed by atoms with Crippen molar-refractivity contribution in [3.8, 4) is 5.75 Å². The maximum absolute atomic E-state index is 11.7. The van der Waals surface area contributed by atoms with Crippen LogP contribution in [0, 0.1) is 0 Å². The number of carbonyl (C=O) groups is 2. The lowest BCUT2D eigenvalue weighted by atomic mass is 10.1. The molecule has 0 radical (unpaired) electrons. The van der Waals surface area contributed by atoms with E-state index in [1.54, 1.807) is 37.5 Å².